The molecule has 0 heterocycles. The number of rotatable bonds is 4. The maximum atomic E-state index is 12.5. The zero-order chi connectivity index (χ0) is 14.8. The predicted molar refractivity (Wildman–Crippen MR) is 65.0 cm³/mol. The van der Waals surface area contributed by atoms with E-state index in [0.717, 1.165) is 12.1 Å². The number of carboxylic acids is 1. The van der Waals surface area contributed by atoms with Gasteiger partial charge in [-0.15, -0.1) is 0 Å². The SMILES string of the molecule is CC(C)(C(=O)O)S(=O)Cc1cccc(C(F)(F)F)c1. The van der Waals surface area contributed by atoms with Crippen molar-refractivity contribution in [1.82, 2.24) is 0 Å². The van der Waals surface area contributed by atoms with E-state index in [1.54, 1.807) is 0 Å². The smallest absolute Gasteiger partial charge is 0.416 e. The largest absolute Gasteiger partial charge is 0.480 e. The molecule has 1 N–H and O–H groups in total. The summed E-state index contributed by atoms with van der Waals surface area (Å²) in [6.07, 6.45) is -4.47. The highest BCUT2D eigenvalue weighted by Gasteiger charge is 2.35. The second-order valence-corrected chi connectivity index (χ2v) is 6.50. The van der Waals surface area contributed by atoms with Crippen LogP contribution in [-0.2, 0) is 27.5 Å². The Morgan fingerprint density at radius 1 is 1.32 bits per heavy atom. The third kappa shape index (κ3) is 3.79. The molecule has 0 bridgehead atoms. The van der Waals surface area contributed by atoms with Crippen molar-refractivity contribution < 1.29 is 27.3 Å². The molecule has 0 aliphatic rings. The lowest BCUT2D eigenvalue weighted by atomic mass is 10.1. The Labute approximate surface area is 110 Å². The summed E-state index contributed by atoms with van der Waals surface area (Å²) in [4.78, 5) is 10.9. The average molecular weight is 294 g/mol. The summed E-state index contributed by atoms with van der Waals surface area (Å²) < 4.78 is 47.9. The first-order valence-electron chi connectivity index (χ1n) is 5.33. The van der Waals surface area contributed by atoms with Crippen molar-refractivity contribution in [3.8, 4) is 0 Å². The maximum Gasteiger partial charge on any atom is 0.416 e. The minimum Gasteiger partial charge on any atom is -0.480 e. The molecule has 1 unspecified atom stereocenters. The summed E-state index contributed by atoms with van der Waals surface area (Å²) >= 11 is 0. The summed E-state index contributed by atoms with van der Waals surface area (Å²) in [5.74, 6) is -1.48. The van der Waals surface area contributed by atoms with Gasteiger partial charge in [-0.1, -0.05) is 18.2 Å². The molecule has 0 spiro atoms. The third-order valence-electron chi connectivity index (χ3n) is 2.64. The van der Waals surface area contributed by atoms with Crippen molar-refractivity contribution in [3.05, 3.63) is 35.4 Å². The minimum atomic E-state index is -4.47. The lowest BCUT2D eigenvalue weighted by molar-refractivity contribution is -0.139. The van der Waals surface area contributed by atoms with Gasteiger partial charge in [-0.2, -0.15) is 13.2 Å². The van der Waals surface area contributed by atoms with Crippen molar-refractivity contribution in [3.63, 3.8) is 0 Å². The van der Waals surface area contributed by atoms with Gasteiger partial charge >= 0.3 is 12.1 Å². The molecule has 0 amide bonds. The monoisotopic (exact) mass is 294 g/mol. The summed E-state index contributed by atoms with van der Waals surface area (Å²) in [5, 5.41) is 8.90. The zero-order valence-corrected chi connectivity index (χ0v) is 11.1. The fourth-order valence-electron chi connectivity index (χ4n) is 1.27. The van der Waals surface area contributed by atoms with Crippen LogP contribution < -0.4 is 0 Å². The highest BCUT2D eigenvalue weighted by Crippen LogP contribution is 2.30. The number of aliphatic carboxylic acids is 1. The van der Waals surface area contributed by atoms with E-state index >= 15 is 0 Å². The Hall–Kier alpha value is -1.37. The van der Waals surface area contributed by atoms with Gasteiger partial charge in [0, 0.05) is 16.6 Å². The average Bonchev–Trinajstić information content (AvgIpc) is 2.27. The van der Waals surface area contributed by atoms with Gasteiger partial charge < -0.3 is 5.11 Å². The topological polar surface area (TPSA) is 54.4 Å². The van der Waals surface area contributed by atoms with Crippen LogP contribution >= 0.6 is 0 Å². The van der Waals surface area contributed by atoms with Crippen molar-refractivity contribution in [2.24, 2.45) is 0 Å². The number of alkyl halides is 3. The molecular weight excluding hydrogens is 281 g/mol. The van der Waals surface area contributed by atoms with Crippen molar-refractivity contribution in [2.45, 2.75) is 30.5 Å². The van der Waals surface area contributed by atoms with E-state index in [1.165, 1.54) is 26.0 Å². The van der Waals surface area contributed by atoms with Gasteiger partial charge in [-0.25, -0.2) is 0 Å². The summed E-state index contributed by atoms with van der Waals surface area (Å²) in [5.41, 5.74) is -0.641. The van der Waals surface area contributed by atoms with Crippen molar-refractivity contribution >= 4 is 16.8 Å². The Morgan fingerprint density at radius 3 is 2.37 bits per heavy atom. The molecule has 0 saturated heterocycles. The Balaban J connectivity index is 2.96. The summed E-state index contributed by atoms with van der Waals surface area (Å²) in [7, 11) is -1.81. The zero-order valence-electron chi connectivity index (χ0n) is 10.3. The van der Waals surface area contributed by atoms with E-state index < -0.39 is 33.3 Å². The van der Waals surface area contributed by atoms with Gasteiger partial charge in [0.2, 0.25) is 0 Å². The number of carboxylic acid groups (broad SMARTS) is 1. The Morgan fingerprint density at radius 2 is 1.89 bits per heavy atom. The number of carbonyl (C=O) groups is 1. The molecule has 1 aromatic carbocycles. The molecule has 0 radical (unpaired) electrons. The van der Waals surface area contributed by atoms with Crippen LogP contribution in [0.25, 0.3) is 0 Å². The van der Waals surface area contributed by atoms with Gasteiger partial charge in [0.25, 0.3) is 0 Å². The van der Waals surface area contributed by atoms with E-state index in [2.05, 4.69) is 0 Å². The fraction of sp³-hybridized carbons (Fsp3) is 0.417. The minimum absolute atomic E-state index is 0.197. The first-order valence-corrected chi connectivity index (χ1v) is 6.65. The van der Waals surface area contributed by atoms with E-state index in [9.17, 15) is 22.2 Å². The second-order valence-electron chi connectivity index (χ2n) is 4.50. The highest BCUT2D eigenvalue weighted by molar-refractivity contribution is 7.86. The van der Waals surface area contributed by atoms with Crippen LogP contribution in [0.4, 0.5) is 13.2 Å². The quantitative estimate of drug-likeness (QED) is 0.929. The molecule has 0 aromatic heterocycles. The Bertz CT molecular complexity index is 509. The van der Waals surface area contributed by atoms with E-state index in [-0.39, 0.29) is 11.3 Å². The Kier molecular flexibility index (Phi) is 4.39. The molecule has 1 rings (SSSR count). The molecule has 0 aliphatic carbocycles. The maximum absolute atomic E-state index is 12.5. The predicted octanol–water partition coefficient (Wildman–Crippen LogP) is 2.82. The van der Waals surface area contributed by atoms with Crippen molar-refractivity contribution in [1.29, 1.82) is 0 Å². The van der Waals surface area contributed by atoms with E-state index in [0.29, 0.717) is 0 Å². The van der Waals surface area contributed by atoms with Gasteiger partial charge in [0.15, 0.2) is 0 Å². The first-order chi connectivity index (χ1) is 8.55. The molecule has 7 heteroatoms. The van der Waals surface area contributed by atoms with Crippen LogP contribution in [0, 0.1) is 0 Å². The number of hydrogen-bond acceptors (Lipinski definition) is 2. The summed E-state index contributed by atoms with van der Waals surface area (Å²) in [6, 6.07) is 4.40. The fourth-order valence-corrected chi connectivity index (χ4v) is 2.30. The van der Waals surface area contributed by atoms with E-state index in [1.807, 2.05) is 0 Å². The second kappa shape index (κ2) is 5.32. The summed E-state index contributed by atoms with van der Waals surface area (Å²) in [6.45, 7) is 2.55. The van der Waals surface area contributed by atoms with E-state index in [4.69, 9.17) is 5.11 Å². The third-order valence-corrected chi connectivity index (χ3v) is 4.54. The molecule has 106 valence electrons. The van der Waals surface area contributed by atoms with Crippen LogP contribution in [0.3, 0.4) is 0 Å². The molecule has 0 aliphatic heterocycles. The molecule has 3 nitrogen and oxygen atoms in total. The molecule has 0 fully saturated rings. The molecule has 0 saturated carbocycles. The normalized spacial score (nSPS) is 14.2. The van der Waals surface area contributed by atoms with Gasteiger partial charge in [0.1, 0.15) is 4.75 Å². The lowest BCUT2D eigenvalue weighted by Gasteiger charge is -2.18. The molecule has 1 aromatic rings. The van der Waals surface area contributed by atoms with Crippen LogP contribution in [0.15, 0.2) is 24.3 Å². The first kappa shape index (κ1) is 15.7. The number of benzene rings is 1. The van der Waals surface area contributed by atoms with Crippen LogP contribution in [-0.4, -0.2) is 20.0 Å². The standard InChI is InChI=1S/C12H13F3O3S/c1-11(2,10(16)17)19(18)7-8-4-3-5-9(6-8)12(13,14)15/h3-6H,7H2,1-2H3,(H,16,17). The van der Waals surface area contributed by atoms with Crippen LogP contribution in [0.2, 0.25) is 0 Å². The van der Waals surface area contributed by atoms with Gasteiger partial charge in [-0.05, 0) is 25.5 Å². The molecular formula is C12H13F3O3S. The van der Waals surface area contributed by atoms with Crippen molar-refractivity contribution in [2.75, 3.05) is 0 Å². The lowest BCUT2D eigenvalue weighted by Crippen LogP contribution is -2.37. The van der Waals surface area contributed by atoms with Gasteiger partial charge in [-0.3, -0.25) is 9.00 Å². The van der Waals surface area contributed by atoms with Crippen LogP contribution in [0.5, 0.6) is 0 Å². The number of hydrogen-bond donors (Lipinski definition) is 1. The number of halogens is 3. The molecule has 19 heavy (non-hydrogen) atoms. The van der Waals surface area contributed by atoms with Gasteiger partial charge in [0.05, 0.1) is 5.56 Å². The van der Waals surface area contributed by atoms with Crippen LogP contribution in [0.1, 0.15) is 25.0 Å². The highest BCUT2D eigenvalue weighted by atomic mass is 32.2. The molecule has 1 atom stereocenters.